The zero-order chi connectivity index (χ0) is 21.9. The van der Waals surface area contributed by atoms with Crippen LogP contribution in [0.4, 0.5) is 0 Å². The standard InChI is InChI=1S/C21H26N2O5S/c1-14-18(15(2)22(4)19(14)21(25)28-6)20(24)16(3)23(5)29(26,27)13-12-17-10-8-7-9-11-17/h7-13,16H,1-6H3/b13-12+/t16-/m1/s1. The number of esters is 1. The summed E-state index contributed by atoms with van der Waals surface area (Å²) in [6.45, 7) is 4.89. The van der Waals surface area contributed by atoms with E-state index < -0.39 is 22.0 Å². The van der Waals surface area contributed by atoms with Gasteiger partial charge in [0, 0.05) is 30.8 Å². The Kier molecular flexibility index (Phi) is 6.81. The topological polar surface area (TPSA) is 85.7 Å². The number of likely N-dealkylation sites (N-methyl/N-ethyl adjacent to an activating group) is 1. The molecule has 2 rings (SSSR count). The summed E-state index contributed by atoms with van der Waals surface area (Å²) in [7, 11) is 0.473. The molecule has 0 saturated carbocycles. The maximum Gasteiger partial charge on any atom is 0.354 e. The molecule has 1 atom stereocenters. The fourth-order valence-corrected chi connectivity index (χ4v) is 4.20. The maximum atomic E-state index is 13.1. The number of hydrogen-bond donors (Lipinski definition) is 0. The maximum absolute atomic E-state index is 13.1. The van der Waals surface area contributed by atoms with Crippen molar-refractivity contribution in [1.82, 2.24) is 8.87 Å². The number of benzene rings is 1. The number of carbonyl (C=O) groups is 2. The van der Waals surface area contributed by atoms with Gasteiger partial charge in [0.05, 0.1) is 13.2 Å². The van der Waals surface area contributed by atoms with E-state index in [1.807, 2.05) is 18.2 Å². The summed E-state index contributed by atoms with van der Waals surface area (Å²) in [5, 5.41) is 1.08. The van der Waals surface area contributed by atoms with Crippen molar-refractivity contribution in [2.45, 2.75) is 26.8 Å². The van der Waals surface area contributed by atoms with Gasteiger partial charge in [-0.3, -0.25) is 4.79 Å². The van der Waals surface area contributed by atoms with E-state index in [2.05, 4.69) is 0 Å². The molecule has 0 unspecified atom stereocenters. The first-order valence-electron chi connectivity index (χ1n) is 9.02. The minimum atomic E-state index is -3.83. The number of aromatic nitrogens is 1. The molecule has 0 saturated heterocycles. The summed E-state index contributed by atoms with van der Waals surface area (Å²) in [6, 6.07) is 8.07. The highest BCUT2D eigenvalue weighted by Crippen LogP contribution is 2.25. The van der Waals surface area contributed by atoms with Gasteiger partial charge in [-0.05, 0) is 38.0 Å². The fourth-order valence-electron chi connectivity index (χ4n) is 3.15. The second-order valence-corrected chi connectivity index (χ2v) is 8.68. The molecule has 29 heavy (non-hydrogen) atoms. The minimum Gasteiger partial charge on any atom is -0.464 e. The summed E-state index contributed by atoms with van der Waals surface area (Å²) in [5.41, 5.74) is 2.38. The van der Waals surface area contributed by atoms with Crippen molar-refractivity contribution in [2.75, 3.05) is 14.2 Å². The third-order valence-electron chi connectivity index (χ3n) is 5.11. The largest absolute Gasteiger partial charge is 0.464 e. The zero-order valence-corrected chi connectivity index (χ0v) is 18.3. The van der Waals surface area contributed by atoms with Crippen molar-refractivity contribution in [3.63, 3.8) is 0 Å². The number of nitrogens with zero attached hydrogens (tertiary/aromatic N) is 2. The summed E-state index contributed by atoms with van der Waals surface area (Å²) in [4.78, 5) is 25.2. The molecule has 1 heterocycles. The molecule has 0 bridgehead atoms. The third-order valence-corrected chi connectivity index (χ3v) is 6.71. The number of methoxy groups -OCH3 is 1. The van der Waals surface area contributed by atoms with E-state index in [0.29, 0.717) is 16.8 Å². The molecule has 0 radical (unpaired) electrons. The summed E-state index contributed by atoms with van der Waals surface area (Å²) in [5.74, 6) is -0.934. The lowest BCUT2D eigenvalue weighted by molar-refractivity contribution is 0.0588. The van der Waals surface area contributed by atoms with Crippen molar-refractivity contribution < 1.29 is 22.7 Å². The monoisotopic (exact) mass is 418 g/mol. The van der Waals surface area contributed by atoms with Crippen LogP contribution in [0.5, 0.6) is 0 Å². The van der Waals surface area contributed by atoms with Gasteiger partial charge in [0.15, 0.2) is 5.78 Å². The fraction of sp³-hybridized carbons (Fsp3) is 0.333. The lowest BCUT2D eigenvalue weighted by Gasteiger charge is -2.22. The number of sulfonamides is 1. The molecule has 7 nitrogen and oxygen atoms in total. The number of ketones is 1. The number of Topliss-reactive ketones (excluding diaryl/α,β-unsaturated/α-hetero) is 1. The number of ether oxygens (including phenoxy) is 1. The first kappa shape index (κ1) is 22.6. The average molecular weight is 419 g/mol. The Morgan fingerprint density at radius 1 is 1.17 bits per heavy atom. The summed E-state index contributed by atoms with van der Waals surface area (Å²) in [6.07, 6.45) is 1.48. The van der Waals surface area contributed by atoms with Crippen LogP contribution in [-0.2, 0) is 21.8 Å². The van der Waals surface area contributed by atoms with E-state index in [4.69, 9.17) is 4.74 Å². The van der Waals surface area contributed by atoms with Crippen molar-refractivity contribution in [2.24, 2.45) is 7.05 Å². The van der Waals surface area contributed by atoms with Crippen LogP contribution in [0.2, 0.25) is 0 Å². The number of hydrogen-bond acceptors (Lipinski definition) is 5. The van der Waals surface area contributed by atoms with Gasteiger partial charge in [0.2, 0.25) is 10.0 Å². The predicted molar refractivity (Wildman–Crippen MR) is 112 cm³/mol. The summed E-state index contributed by atoms with van der Waals surface area (Å²) >= 11 is 0. The first-order chi connectivity index (χ1) is 13.5. The normalized spacial score (nSPS) is 13.1. The molecule has 0 aliphatic carbocycles. The van der Waals surface area contributed by atoms with Gasteiger partial charge in [-0.15, -0.1) is 0 Å². The van der Waals surface area contributed by atoms with E-state index in [9.17, 15) is 18.0 Å². The highest BCUT2D eigenvalue weighted by molar-refractivity contribution is 7.92. The molecule has 0 N–H and O–H groups in total. The van der Waals surface area contributed by atoms with E-state index in [-0.39, 0.29) is 11.5 Å². The Bertz CT molecular complexity index is 1050. The van der Waals surface area contributed by atoms with Gasteiger partial charge >= 0.3 is 5.97 Å². The molecule has 156 valence electrons. The smallest absolute Gasteiger partial charge is 0.354 e. The molecular weight excluding hydrogens is 392 g/mol. The van der Waals surface area contributed by atoms with E-state index in [1.165, 1.54) is 27.2 Å². The molecular formula is C21H26N2O5S. The molecule has 2 aromatic rings. The number of rotatable bonds is 7. The summed E-state index contributed by atoms with van der Waals surface area (Å²) < 4.78 is 32.8. The molecule has 0 aliphatic rings. The van der Waals surface area contributed by atoms with Crippen LogP contribution < -0.4 is 0 Å². The van der Waals surface area contributed by atoms with Crippen LogP contribution in [-0.4, -0.2) is 49.2 Å². The van der Waals surface area contributed by atoms with Gasteiger partial charge in [0.25, 0.3) is 0 Å². The van der Waals surface area contributed by atoms with Crippen molar-refractivity contribution in [1.29, 1.82) is 0 Å². The molecule has 1 aromatic heterocycles. The quantitative estimate of drug-likeness (QED) is 0.510. The number of carbonyl (C=O) groups excluding carboxylic acids is 2. The molecule has 0 fully saturated rings. The second kappa shape index (κ2) is 8.75. The van der Waals surface area contributed by atoms with Crippen molar-refractivity contribution >= 4 is 27.9 Å². The van der Waals surface area contributed by atoms with E-state index >= 15 is 0 Å². The molecule has 1 aromatic carbocycles. The van der Waals surface area contributed by atoms with Crippen LogP contribution in [0, 0.1) is 13.8 Å². The van der Waals surface area contributed by atoms with Crippen LogP contribution >= 0.6 is 0 Å². The Morgan fingerprint density at radius 2 is 1.76 bits per heavy atom. The average Bonchev–Trinajstić information content (AvgIpc) is 2.93. The minimum absolute atomic E-state index is 0.273. The van der Waals surface area contributed by atoms with Crippen LogP contribution in [0.3, 0.4) is 0 Å². The predicted octanol–water partition coefficient (Wildman–Crippen LogP) is 2.93. The van der Waals surface area contributed by atoms with Crippen LogP contribution in [0.15, 0.2) is 35.7 Å². The Labute approximate surface area is 171 Å². The van der Waals surface area contributed by atoms with Gasteiger partial charge in [-0.25, -0.2) is 13.2 Å². The van der Waals surface area contributed by atoms with Crippen molar-refractivity contribution in [3.8, 4) is 0 Å². The Morgan fingerprint density at radius 3 is 2.31 bits per heavy atom. The third kappa shape index (κ3) is 4.49. The second-order valence-electron chi connectivity index (χ2n) is 6.80. The van der Waals surface area contributed by atoms with Crippen LogP contribution in [0.1, 0.15) is 44.6 Å². The van der Waals surface area contributed by atoms with Gasteiger partial charge in [-0.2, -0.15) is 4.31 Å². The molecule has 0 spiro atoms. The van der Waals surface area contributed by atoms with E-state index in [1.54, 1.807) is 37.6 Å². The lowest BCUT2D eigenvalue weighted by Crippen LogP contribution is -2.39. The van der Waals surface area contributed by atoms with Gasteiger partial charge in [-0.1, -0.05) is 30.3 Å². The van der Waals surface area contributed by atoms with E-state index in [0.717, 1.165) is 15.3 Å². The first-order valence-corrected chi connectivity index (χ1v) is 10.5. The Hall–Kier alpha value is -2.71. The van der Waals surface area contributed by atoms with Gasteiger partial charge in [0.1, 0.15) is 5.69 Å². The van der Waals surface area contributed by atoms with Gasteiger partial charge < -0.3 is 9.30 Å². The lowest BCUT2D eigenvalue weighted by atomic mass is 10.0. The molecule has 8 heteroatoms. The molecule has 0 amide bonds. The molecule has 0 aliphatic heterocycles. The van der Waals surface area contributed by atoms with Crippen LogP contribution in [0.25, 0.3) is 6.08 Å². The highest BCUT2D eigenvalue weighted by atomic mass is 32.2. The zero-order valence-electron chi connectivity index (χ0n) is 17.5. The Balaban J connectivity index is 2.34. The SMILES string of the molecule is COC(=O)c1c(C)c(C(=O)[C@@H](C)N(C)S(=O)(=O)/C=C/c2ccccc2)c(C)n1C. The highest BCUT2D eigenvalue weighted by Gasteiger charge is 2.32. The van der Waals surface area contributed by atoms with Crippen molar-refractivity contribution in [3.05, 3.63) is 63.8 Å².